The second kappa shape index (κ2) is 4.32. The molecule has 0 spiro atoms. The van der Waals surface area contributed by atoms with Crippen LogP contribution < -0.4 is 5.32 Å². The van der Waals surface area contributed by atoms with Crippen LogP contribution in [0.15, 0.2) is 18.3 Å². The number of aromatic nitrogens is 1. The molecule has 0 aliphatic carbocycles. The Morgan fingerprint density at radius 2 is 2.31 bits per heavy atom. The van der Waals surface area contributed by atoms with Crippen LogP contribution in [0.5, 0.6) is 0 Å². The molecule has 1 N–H and O–H groups in total. The predicted octanol–water partition coefficient (Wildman–Crippen LogP) is 1.84. The molecule has 1 aromatic rings. The van der Waals surface area contributed by atoms with Crippen LogP contribution >= 0.6 is 11.6 Å². The molecule has 0 saturated carbocycles. The molecule has 2 fully saturated rings. The molecule has 2 unspecified atom stereocenters. The number of pyridine rings is 1. The van der Waals surface area contributed by atoms with E-state index in [4.69, 9.17) is 11.6 Å². The second-order valence-electron chi connectivity index (χ2n) is 4.58. The van der Waals surface area contributed by atoms with Gasteiger partial charge in [-0.3, -0.25) is 9.88 Å². The zero-order chi connectivity index (χ0) is 11.0. The number of piperazine rings is 1. The number of nitrogens with one attached hydrogen (secondary N) is 1. The third kappa shape index (κ3) is 1.83. The van der Waals surface area contributed by atoms with E-state index in [2.05, 4.69) is 15.2 Å². The molecule has 3 rings (SSSR count). The highest BCUT2D eigenvalue weighted by Gasteiger charge is 2.35. The number of halogens is 1. The van der Waals surface area contributed by atoms with Gasteiger partial charge in [0.05, 0.1) is 16.8 Å². The SMILES string of the molecule is Clc1ccc(C2NCCN3CCCC23)nc1. The van der Waals surface area contributed by atoms with Gasteiger partial charge in [-0.05, 0) is 31.5 Å². The molecule has 0 amide bonds. The molecule has 16 heavy (non-hydrogen) atoms. The smallest absolute Gasteiger partial charge is 0.0653 e. The minimum atomic E-state index is 0.383. The molecule has 1 aromatic heterocycles. The Labute approximate surface area is 101 Å². The molecular formula is C12H16ClN3. The summed E-state index contributed by atoms with van der Waals surface area (Å²) in [6.45, 7) is 3.48. The van der Waals surface area contributed by atoms with Gasteiger partial charge in [-0.2, -0.15) is 0 Å². The third-order valence-corrected chi connectivity index (χ3v) is 3.85. The lowest BCUT2D eigenvalue weighted by Crippen LogP contribution is -2.50. The van der Waals surface area contributed by atoms with Crippen molar-refractivity contribution in [2.45, 2.75) is 24.9 Å². The summed E-state index contributed by atoms with van der Waals surface area (Å²) in [7, 11) is 0. The summed E-state index contributed by atoms with van der Waals surface area (Å²) in [4.78, 5) is 7.02. The van der Waals surface area contributed by atoms with E-state index in [-0.39, 0.29) is 0 Å². The number of fused-ring (bicyclic) bond motifs is 1. The number of hydrogen-bond acceptors (Lipinski definition) is 3. The molecule has 4 heteroatoms. The summed E-state index contributed by atoms with van der Waals surface area (Å²) in [6.07, 6.45) is 4.34. The van der Waals surface area contributed by atoms with E-state index in [1.165, 1.54) is 25.9 Å². The number of hydrogen-bond donors (Lipinski definition) is 1. The van der Waals surface area contributed by atoms with Crippen molar-refractivity contribution in [1.29, 1.82) is 0 Å². The van der Waals surface area contributed by atoms with E-state index in [1.807, 2.05) is 12.1 Å². The first-order valence-electron chi connectivity index (χ1n) is 5.93. The molecule has 3 heterocycles. The van der Waals surface area contributed by atoms with Gasteiger partial charge in [0, 0.05) is 25.3 Å². The monoisotopic (exact) mass is 237 g/mol. The van der Waals surface area contributed by atoms with E-state index in [1.54, 1.807) is 6.20 Å². The Bertz CT molecular complexity index is 365. The predicted molar refractivity (Wildman–Crippen MR) is 64.6 cm³/mol. The van der Waals surface area contributed by atoms with Crippen LogP contribution in [0.2, 0.25) is 5.02 Å². The third-order valence-electron chi connectivity index (χ3n) is 3.63. The minimum Gasteiger partial charge on any atom is -0.306 e. The molecule has 2 aliphatic heterocycles. The van der Waals surface area contributed by atoms with Crippen molar-refractivity contribution in [2.24, 2.45) is 0 Å². The Morgan fingerprint density at radius 1 is 1.38 bits per heavy atom. The fourth-order valence-corrected chi connectivity index (χ4v) is 2.99. The quantitative estimate of drug-likeness (QED) is 0.808. The first-order valence-corrected chi connectivity index (χ1v) is 6.31. The van der Waals surface area contributed by atoms with Crippen molar-refractivity contribution in [3.63, 3.8) is 0 Å². The Morgan fingerprint density at radius 3 is 3.12 bits per heavy atom. The van der Waals surface area contributed by atoms with Crippen molar-refractivity contribution in [3.8, 4) is 0 Å². The standard InChI is InChI=1S/C12H16ClN3/c13-9-3-4-10(15-8-9)12-11-2-1-6-16(11)7-5-14-12/h3-4,8,11-12,14H,1-2,5-7H2. The molecular weight excluding hydrogens is 222 g/mol. The maximum Gasteiger partial charge on any atom is 0.0653 e. The fourth-order valence-electron chi connectivity index (χ4n) is 2.88. The van der Waals surface area contributed by atoms with E-state index in [0.29, 0.717) is 17.1 Å². The van der Waals surface area contributed by atoms with Crippen molar-refractivity contribution in [2.75, 3.05) is 19.6 Å². The maximum absolute atomic E-state index is 5.87. The van der Waals surface area contributed by atoms with Gasteiger partial charge in [0.15, 0.2) is 0 Å². The van der Waals surface area contributed by atoms with Crippen LogP contribution in [0, 0.1) is 0 Å². The van der Waals surface area contributed by atoms with Gasteiger partial charge in [0.25, 0.3) is 0 Å². The van der Waals surface area contributed by atoms with E-state index in [9.17, 15) is 0 Å². The van der Waals surface area contributed by atoms with Crippen molar-refractivity contribution >= 4 is 11.6 Å². The first-order chi connectivity index (χ1) is 7.84. The summed E-state index contributed by atoms with van der Waals surface area (Å²) in [5.74, 6) is 0. The normalized spacial score (nSPS) is 30.3. The molecule has 3 nitrogen and oxygen atoms in total. The zero-order valence-electron chi connectivity index (χ0n) is 9.19. The van der Waals surface area contributed by atoms with Crippen molar-refractivity contribution < 1.29 is 0 Å². The zero-order valence-corrected chi connectivity index (χ0v) is 9.95. The lowest BCUT2D eigenvalue weighted by Gasteiger charge is -2.37. The highest BCUT2D eigenvalue weighted by atomic mass is 35.5. The molecule has 2 saturated heterocycles. The first kappa shape index (κ1) is 10.5. The maximum atomic E-state index is 5.87. The average Bonchev–Trinajstić information content (AvgIpc) is 2.78. The van der Waals surface area contributed by atoms with Crippen LogP contribution in [0.1, 0.15) is 24.6 Å². The summed E-state index contributed by atoms with van der Waals surface area (Å²) >= 11 is 5.87. The molecule has 0 bridgehead atoms. The molecule has 0 aromatic carbocycles. The topological polar surface area (TPSA) is 28.2 Å². The van der Waals surface area contributed by atoms with Gasteiger partial charge >= 0.3 is 0 Å². The molecule has 86 valence electrons. The van der Waals surface area contributed by atoms with E-state index in [0.717, 1.165) is 12.2 Å². The summed E-state index contributed by atoms with van der Waals surface area (Å²) in [5.41, 5.74) is 1.13. The summed E-state index contributed by atoms with van der Waals surface area (Å²) in [5, 5.41) is 4.29. The molecule has 2 aliphatic rings. The van der Waals surface area contributed by atoms with Crippen LogP contribution in [0.4, 0.5) is 0 Å². The van der Waals surface area contributed by atoms with Crippen LogP contribution in [-0.2, 0) is 0 Å². The summed E-state index contributed by atoms with van der Waals surface area (Å²) < 4.78 is 0. The largest absolute Gasteiger partial charge is 0.306 e. The number of nitrogens with zero attached hydrogens (tertiary/aromatic N) is 2. The summed E-state index contributed by atoms with van der Waals surface area (Å²) in [6, 6.07) is 4.98. The van der Waals surface area contributed by atoms with Crippen LogP contribution in [-0.4, -0.2) is 35.6 Å². The fraction of sp³-hybridized carbons (Fsp3) is 0.583. The van der Waals surface area contributed by atoms with E-state index >= 15 is 0 Å². The minimum absolute atomic E-state index is 0.383. The number of rotatable bonds is 1. The Hall–Kier alpha value is -0.640. The van der Waals surface area contributed by atoms with Crippen molar-refractivity contribution in [3.05, 3.63) is 29.0 Å². The van der Waals surface area contributed by atoms with Gasteiger partial charge in [-0.25, -0.2) is 0 Å². The highest BCUT2D eigenvalue weighted by molar-refractivity contribution is 6.30. The van der Waals surface area contributed by atoms with Gasteiger partial charge in [-0.1, -0.05) is 11.6 Å². The van der Waals surface area contributed by atoms with Gasteiger partial charge in [0.1, 0.15) is 0 Å². The molecule has 2 atom stereocenters. The van der Waals surface area contributed by atoms with E-state index < -0.39 is 0 Å². The lowest BCUT2D eigenvalue weighted by atomic mass is 10.00. The molecule has 0 radical (unpaired) electrons. The van der Waals surface area contributed by atoms with Gasteiger partial charge in [0.2, 0.25) is 0 Å². The van der Waals surface area contributed by atoms with Crippen LogP contribution in [0.25, 0.3) is 0 Å². The van der Waals surface area contributed by atoms with Crippen molar-refractivity contribution in [1.82, 2.24) is 15.2 Å². The highest BCUT2D eigenvalue weighted by Crippen LogP contribution is 2.30. The van der Waals surface area contributed by atoms with Gasteiger partial charge < -0.3 is 5.32 Å². The average molecular weight is 238 g/mol. The lowest BCUT2D eigenvalue weighted by molar-refractivity contribution is 0.161. The van der Waals surface area contributed by atoms with Gasteiger partial charge in [-0.15, -0.1) is 0 Å². The second-order valence-corrected chi connectivity index (χ2v) is 5.02. The Balaban J connectivity index is 1.85. The van der Waals surface area contributed by atoms with Crippen LogP contribution in [0.3, 0.4) is 0 Å². The Kier molecular flexibility index (Phi) is 2.84.